The number of aryl methyl sites for hydroxylation is 1. The first-order valence-corrected chi connectivity index (χ1v) is 8.63. The minimum absolute atomic E-state index is 0. The van der Waals surface area contributed by atoms with Gasteiger partial charge in [0, 0.05) is 17.5 Å². The third-order valence-corrected chi connectivity index (χ3v) is 4.71. The van der Waals surface area contributed by atoms with Gasteiger partial charge in [-0.1, -0.05) is 0 Å². The molecule has 8 heteroatoms. The normalized spacial score (nSPS) is 16.3. The van der Waals surface area contributed by atoms with E-state index >= 15 is 0 Å². The van der Waals surface area contributed by atoms with Crippen LogP contribution in [0.25, 0.3) is 11.5 Å². The molecular formula is C16H23Cl2N3O2S. The number of nitrogens with zero attached hydrogens (tertiary/aromatic N) is 1. The molecule has 2 aromatic rings. The van der Waals surface area contributed by atoms with E-state index in [4.69, 9.17) is 4.42 Å². The number of amides is 1. The van der Waals surface area contributed by atoms with Gasteiger partial charge in [-0.05, 0) is 50.2 Å². The van der Waals surface area contributed by atoms with Crippen molar-refractivity contribution in [2.45, 2.75) is 26.2 Å². The zero-order chi connectivity index (χ0) is 15.4. The summed E-state index contributed by atoms with van der Waals surface area (Å²) in [5, 5.41) is 10.3. The van der Waals surface area contributed by atoms with Gasteiger partial charge < -0.3 is 15.1 Å². The highest BCUT2D eigenvalue weighted by molar-refractivity contribution is 7.08. The average Bonchev–Trinajstić information content (AvgIpc) is 3.21. The number of oxazole rings is 1. The van der Waals surface area contributed by atoms with E-state index in [-0.39, 0.29) is 37.1 Å². The fourth-order valence-corrected chi connectivity index (χ4v) is 3.32. The molecule has 134 valence electrons. The summed E-state index contributed by atoms with van der Waals surface area (Å²) in [6.07, 6.45) is 2.53. The third-order valence-electron chi connectivity index (χ3n) is 4.03. The van der Waals surface area contributed by atoms with Gasteiger partial charge in [0.15, 0.2) is 0 Å². The summed E-state index contributed by atoms with van der Waals surface area (Å²) in [5.41, 5.74) is 1.69. The Bertz CT molecular complexity index is 625. The smallest absolute Gasteiger partial charge is 0.227 e. The lowest BCUT2D eigenvalue weighted by Gasteiger charge is -2.08. The predicted octanol–water partition coefficient (Wildman–Crippen LogP) is 3.21. The Kier molecular flexibility index (Phi) is 8.76. The van der Waals surface area contributed by atoms with Crippen LogP contribution in [0, 0.1) is 12.8 Å². The quantitative estimate of drug-likeness (QED) is 0.792. The summed E-state index contributed by atoms with van der Waals surface area (Å²) in [6.45, 7) is 4.76. The molecule has 1 unspecified atom stereocenters. The Morgan fingerprint density at radius 2 is 2.33 bits per heavy atom. The van der Waals surface area contributed by atoms with E-state index in [1.54, 1.807) is 11.3 Å². The molecule has 0 aliphatic carbocycles. The molecule has 3 rings (SSSR count). The first-order chi connectivity index (χ1) is 10.7. The summed E-state index contributed by atoms with van der Waals surface area (Å²) < 4.78 is 5.65. The maximum Gasteiger partial charge on any atom is 0.227 e. The van der Waals surface area contributed by atoms with E-state index in [9.17, 15) is 4.79 Å². The summed E-state index contributed by atoms with van der Waals surface area (Å²) in [7, 11) is 0. The number of hydrogen-bond donors (Lipinski definition) is 2. The zero-order valence-corrected chi connectivity index (χ0v) is 16.0. The van der Waals surface area contributed by atoms with Gasteiger partial charge in [0.25, 0.3) is 0 Å². The molecule has 1 atom stereocenters. The van der Waals surface area contributed by atoms with Crippen LogP contribution in [-0.4, -0.2) is 30.5 Å². The van der Waals surface area contributed by atoms with Gasteiger partial charge in [0.1, 0.15) is 5.76 Å². The molecule has 1 aliphatic heterocycles. The van der Waals surface area contributed by atoms with E-state index in [1.807, 2.05) is 23.8 Å². The summed E-state index contributed by atoms with van der Waals surface area (Å²) in [4.78, 5) is 16.5. The number of carbonyl (C=O) groups is 1. The molecule has 2 aromatic heterocycles. The Balaban J connectivity index is 0.00000144. The molecular weight excluding hydrogens is 369 g/mol. The second-order valence-electron chi connectivity index (χ2n) is 5.71. The number of carbonyl (C=O) groups excluding carboxylic acids is 1. The van der Waals surface area contributed by atoms with Gasteiger partial charge in [-0.3, -0.25) is 4.79 Å². The number of nitrogens with one attached hydrogen (secondary N) is 2. The van der Waals surface area contributed by atoms with Gasteiger partial charge in [-0.25, -0.2) is 4.98 Å². The lowest BCUT2D eigenvalue weighted by atomic mass is 10.1. The topological polar surface area (TPSA) is 67.2 Å². The summed E-state index contributed by atoms with van der Waals surface area (Å²) >= 11 is 1.60. The minimum atomic E-state index is 0. The van der Waals surface area contributed by atoms with Crippen molar-refractivity contribution in [1.82, 2.24) is 15.6 Å². The van der Waals surface area contributed by atoms with E-state index in [1.165, 1.54) is 6.42 Å². The Hall–Kier alpha value is -1.08. The van der Waals surface area contributed by atoms with Gasteiger partial charge in [0.05, 0.1) is 12.1 Å². The van der Waals surface area contributed by atoms with Gasteiger partial charge in [-0.15, -0.1) is 24.8 Å². The minimum Gasteiger partial charge on any atom is -0.441 e. The zero-order valence-electron chi connectivity index (χ0n) is 13.5. The van der Waals surface area contributed by atoms with Crippen LogP contribution >= 0.6 is 36.2 Å². The van der Waals surface area contributed by atoms with Crippen molar-refractivity contribution in [2.75, 3.05) is 19.6 Å². The van der Waals surface area contributed by atoms with Gasteiger partial charge in [-0.2, -0.15) is 11.3 Å². The first kappa shape index (κ1) is 21.0. The fourth-order valence-electron chi connectivity index (χ4n) is 2.69. The first-order valence-electron chi connectivity index (χ1n) is 7.68. The van der Waals surface area contributed by atoms with E-state index in [0.717, 1.165) is 43.1 Å². The van der Waals surface area contributed by atoms with Crippen molar-refractivity contribution in [3.63, 3.8) is 0 Å². The van der Waals surface area contributed by atoms with Crippen LogP contribution in [0.15, 0.2) is 21.2 Å². The molecule has 5 nitrogen and oxygen atoms in total. The van der Waals surface area contributed by atoms with E-state index < -0.39 is 0 Å². The Labute approximate surface area is 158 Å². The molecule has 1 fully saturated rings. The molecule has 0 radical (unpaired) electrons. The summed E-state index contributed by atoms with van der Waals surface area (Å²) in [6, 6.07) is 1.97. The van der Waals surface area contributed by atoms with Gasteiger partial charge >= 0.3 is 0 Å². The molecule has 0 spiro atoms. The van der Waals surface area contributed by atoms with E-state index in [2.05, 4.69) is 15.6 Å². The van der Waals surface area contributed by atoms with Crippen LogP contribution in [0.1, 0.15) is 24.3 Å². The molecule has 1 saturated heterocycles. The van der Waals surface area contributed by atoms with Gasteiger partial charge in [0.2, 0.25) is 11.8 Å². The standard InChI is InChI=1S/C16H21N3O2S.2ClH/c1-11-14(19-16(21-11)13-4-7-22-10-13)8-15(20)18-6-3-12-2-5-17-9-12;;/h4,7,10,12,17H,2-3,5-6,8-9H2,1H3,(H,18,20);2*1H. The number of halogens is 2. The number of hydrogen-bond acceptors (Lipinski definition) is 5. The van der Waals surface area contributed by atoms with Crippen molar-refractivity contribution >= 4 is 42.1 Å². The SMILES string of the molecule is Cc1oc(-c2ccsc2)nc1CC(=O)NCCC1CCNC1.Cl.Cl. The second kappa shape index (κ2) is 10.0. The fraction of sp³-hybridized carbons (Fsp3) is 0.500. The maximum absolute atomic E-state index is 12.0. The number of thiophene rings is 1. The molecule has 0 bridgehead atoms. The number of rotatable bonds is 6. The second-order valence-corrected chi connectivity index (χ2v) is 6.49. The van der Waals surface area contributed by atoms with E-state index in [0.29, 0.717) is 11.8 Å². The average molecular weight is 392 g/mol. The maximum atomic E-state index is 12.0. The van der Waals surface area contributed by atoms with Crippen molar-refractivity contribution < 1.29 is 9.21 Å². The number of aromatic nitrogens is 1. The van der Waals surface area contributed by atoms with Crippen LogP contribution < -0.4 is 10.6 Å². The molecule has 2 N–H and O–H groups in total. The molecule has 0 saturated carbocycles. The molecule has 1 aliphatic rings. The van der Waals surface area contributed by atoms with Crippen LogP contribution in [0.3, 0.4) is 0 Å². The van der Waals surface area contributed by atoms with Crippen LogP contribution in [0.2, 0.25) is 0 Å². The highest BCUT2D eigenvalue weighted by atomic mass is 35.5. The molecule has 3 heterocycles. The highest BCUT2D eigenvalue weighted by Gasteiger charge is 2.16. The molecule has 0 aromatic carbocycles. The van der Waals surface area contributed by atoms with Crippen molar-refractivity contribution in [3.8, 4) is 11.5 Å². The largest absolute Gasteiger partial charge is 0.441 e. The van der Waals surface area contributed by atoms with Crippen molar-refractivity contribution in [2.24, 2.45) is 5.92 Å². The summed E-state index contributed by atoms with van der Waals surface area (Å²) in [5.74, 6) is 2.02. The van der Waals surface area contributed by atoms with Crippen LogP contribution in [0.4, 0.5) is 0 Å². The Morgan fingerprint density at radius 1 is 1.50 bits per heavy atom. The lowest BCUT2D eigenvalue weighted by molar-refractivity contribution is -0.120. The van der Waals surface area contributed by atoms with Crippen LogP contribution in [-0.2, 0) is 11.2 Å². The highest BCUT2D eigenvalue weighted by Crippen LogP contribution is 2.24. The predicted molar refractivity (Wildman–Crippen MR) is 101 cm³/mol. The van der Waals surface area contributed by atoms with Crippen molar-refractivity contribution in [1.29, 1.82) is 0 Å². The monoisotopic (exact) mass is 391 g/mol. The third kappa shape index (κ3) is 5.48. The Morgan fingerprint density at radius 3 is 3.00 bits per heavy atom. The molecule has 1 amide bonds. The van der Waals surface area contributed by atoms with Crippen molar-refractivity contribution in [3.05, 3.63) is 28.3 Å². The molecule has 24 heavy (non-hydrogen) atoms. The van der Waals surface area contributed by atoms with Crippen LogP contribution in [0.5, 0.6) is 0 Å². The lowest BCUT2D eigenvalue weighted by Crippen LogP contribution is -2.28.